The van der Waals surface area contributed by atoms with Crippen molar-refractivity contribution >= 4 is 32.9 Å². The molecule has 0 spiro atoms. The molecule has 0 saturated heterocycles. The van der Waals surface area contributed by atoms with Gasteiger partial charge in [-0.1, -0.05) is 0 Å². The van der Waals surface area contributed by atoms with Crippen LogP contribution in [0.3, 0.4) is 0 Å². The van der Waals surface area contributed by atoms with Crippen molar-refractivity contribution in [2.45, 2.75) is 32.9 Å². The number of carbonyl (C=O) groups is 1. The average Bonchev–Trinajstić information content (AvgIpc) is 2.40. The predicted octanol–water partition coefficient (Wildman–Crippen LogP) is 2.11. The van der Waals surface area contributed by atoms with Crippen LogP contribution in [0.5, 0.6) is 0 Å². The lowest BCUT2D eigenvalue weighted by Crippen LogP contribution is -2.29. The minimum absolute atomic E-state index is 0.0708. The van der Waals surface area contributed by atoms with Crippen LogP contribution < -0.4 is 5.43 Å². The predicted molar refractivity (Wildman–Crippen MR) is 86.0 cm³/mol. The Kier molecular flexibility index (Phi) is 4.67. The molecule has 0 fully saturated rings. The van der Waals surface area contributed by atoms with Gasteiger partial charge in [0.15, 0.2) is 0 Å². The molecule has 2 aromatic rings. The molecule has 2 aromatic heterocycles. The molecule has 0 radical (unpaired) electrons. The Morgan fingerprint density at radius 3 is 2.77 bits per heavy atom. The Bertz CT molecular complexity index is 777. The number of pyridine rings is 2. The Morgan fingerprint density at radius 1 is 1.50 bits per heavy atom. The van der Waals surface area contributed by atoms with E-state index >= 15 is 0 Å². The molecular formula is C15H17BrN2O4. The summed E-state index contributed by atoms with van der Waals surface area (Å²) in [5.74, 6) is -0.682. The van der Waals surface area contributed by atoms with E-state index in [0.29, 0.717) is 15.5 Å². The lowest BCUT2D eigenvalue weighted by Gasteiger charge is -2.21. The van der Waals surface area contributed by atoms with Crippen LogP contribution in [0, 0.1) is 0 Å². The number of halogens is 1. The third kappa shape index (κ3) is 3.53. The Labute approximate surface area is 135 Å². The largest absolute Gasteiger partial charge is 0.462 e. The Morgan fingerprint density at radius 2 is 2.18 bits per heavy atom. The molecule has 0 unspecified atom stereocenters. The monoisotopic (exact) mass is 368 g/mol. The third-order valence-corrected chi connectivity index (χ3v) is 3.37. The highest BCUT2D eigenvalue weighted by molar-refractivity contribution is 9.10. The van der Waals surface area contributed by atoms with Crippen molar-refractivity contribution < 1.29 is 14.6 Å². The summed E-state index contributed by atoms with van der Waals surface area (Å²) in [4.78, 5) is 28.7. The molecule has 0 bridgehead atoms. The number of nitrogens with zero attached hydrogens (tertiary/aromatic N) is 2. The molecule has 0 aliphatic heterocycles. The quantitative estimate of drug-likeness (QED) is 0.835. The van der Waals surface area contributed by atoms with E-state index < -0.39 is 17.0 Å². The van der Waals surface area contributed by atoms with Gasteiger partial charge >= 0.3 is 5.97 Å². The number of hydrogen-bond acceptors (Lipinski definition) is 5. The van der Waals surface area contributed by atoms with Gasteiger partial charge in [-0.05, 0) is 42.8 Å². The summed E-state index contributed by atoms with van der Waals surface area (Å²) in [6.45, 7) is 5.31. The average molecular weight is 369 g/mol. The topological polar surface area (TPSA) is 81.4 Å². The lowest BCUT2D eigenvalue weighted by atomic mass is 10.1. The number of aliphatic hydroxyl groups is 1. The second-order valence-electron chi connectivity index (χ2n) is 5.56. The van der Waals surface area contributed by atoms with Gasteiger partial charge in [0.2, 0.25) is 5.43 Å². The van der Waals surface area contributed by atoms with Crippen molar-refractivity contribution in [1.82, 2.24) is 9.55 Å². The highest BCUT2D eigenvalue weighted by Gasteiger charge is 2.21. The van der Waals surface area contributed by atoms with Crippen LogP contribution in [0.2, 0.25) is 0 Å². The zero-order valence-electron chi connectivity index (χ0n) is 12.6. The second kappa shape index (κ2) is 6.18. The van der Waals surface area contributed by atoms with Crippen molar-refractivity contribution in [2.24, 2.45) is 0 Å². The molecule has 0 saturated carbocycles. The van der Waals surface area contributed by atoms with Crippen LogP contribution in [0.25, 0.3) is 11.0 Å². The molecule has 0 amide bonds. The first-order valence-corrected chi connectivity index (χ1v) is 7.60. The SMILES string of the molecule is CCOC(=O)c1cn(CC(C)(C)O)c2ncc(Br)cc2c1=O. The van der Waals surface area contributed by atoms with Crippen molar-refractivity contribution in [3.63, 3.8) is 0 Å². The summed E-state index contributed by atoms with van der Waals surface area (Å²) in [6.07, 6.45) is 2.95. The van der Waals surface area contributed by atoms with E-state index in [1.54, 1.807) is 37.6 Å². The van der Waals surface area contributed by atoms with Gasteiger partial charge in [0.25, 0.3) is 0 Å². The first-order valence-electron chi connectivity index (χ1n) is 6.81. The molecule has 22 heavy (non-hydrogen) atoms. The molecule has 0 atom stereocenters. The van der Waals surface area contributed by atoms with E-state index in [9.17, 15) is 14.7 Å². The number of hydrogen-bond donors (Lipinski definition) is 1. The van der Waals surface area contributed by atoms with Crippen molar-refractivity contribution in [3.8, 4) is 0 Å². The maximum Gasteiger partial charge on any atom is 0.343 e. The van der Waals surface area contributed by atoms with Crippen LogP contribution in [-0.4, -0.2) is 32.8 Å². The number of aromatic nitrogens is 2. The zero-order valence-corrected chi connectivity index (χ0v) is 14.2. The summed E-state index contributed by atoms with van der Waals surface area (Å²) in [7, 11) is 0. The van der Waals surface area contributed by atoms with Crippen LogP contribution in [0.4, 0.5) is 0 Å². The van der Waals surface area contributed by atoms with Crippen molar-refractivity contribution in [3.05, 3.63) is 38.7 Å². The van der Waals surface area contributed by atoms with Gasteiger partial charge < -0.3 is 14.4 Å². The van der Waals surface area contributed by atoms with Crippen molar-refractivity contribution in [1.29, 1.82) is 0 Å². The maximum absolute atomic E-state index is 12.5. The van der Waals surface area contributed by atoms with Gasteiger partial charge in [-0.2, -0.15) is 0 Å². The number of carbonyl (C=O) groups excluding carboxylic acids is 1. The fourth-order valence-corrected chi connectivity index (χ4v) is 2.47. The molecule has 7 heteroatoms. The first-order chi connectivity index (χ1) is 10.2. The third-order valence-electron chi connectivity index (χ3n) is 2.93. The second-order valence-corrected chi connectivity index (χ2v) is 6.47. The van der Waals surface area contributed by atoms with E-state index in [4.69, 9.17) is 4.74 Å². The molecule has 6 nitrogen and oxygen atoms in total. The number of ether oxygens (including phenoxy) is 1. The van der Waals surface area contributed by atoms with E-state index in [2.05, 4.69) is 20.9 Å². The van der Waals surface area contributed by atoms with E-state index in [-0.39, 0.29) is 18.7 Å². The fraction of sp³-hybridized carbons (Fsp3) is 0.400. The molecule has 2 heterocycles. The summed E-state index contributed by atoms with van der Waals surface area (Å²) >= 11 is 3.27. The lowest BCUT2D eigenvalue weighted by molar-refractivity contribution is 0.0515. The smallest absolute Gasteiger partial charge is 0.343 e. The summed E-state index contributed by atoms with van der Waals surface area (Å²) in [5, 5.41) is 10.3. The van der Waals surface area contributed by atoms with Gasteiger partial charge in [0.1, 0.15) is 11.2 Å². The Balaban J connectivity index is 2.74. The van der Waals surface area contributed by atoms with Crippen LogP contribution in [0.1, 0.15) is 31.1 Å². The Hall–Kier alpha value is -1.73. The molecule has 118 valence electrons. The molecule has 1 N–H and O–H groups in total. The first kappa shape index (κ1) is 16.6. The molecule has 0 aliphatic carbocycles. The van der Waals surface area contributed by atoms with Gasteiger partial charge in [0, 0.05) is 16.9 Å². The normalized spacial score (nSPS) is 11.7. The highest BCUT2D eigenvalue weighted by atomic mass is 79.9. The minimum Gasteiger partial charge on any atom is -0.462 e. The maximum atomic E-state index is 12.5. The highest BCUT2D eigenvalue weighted by Crippen LogP contribution is 2.18. The van der Waals surface area contributed by atoms with Crippen LogP contribution in [-0.2, 0) is 11.3 Å². The molecule has 0 aromatic carbocycles. The summed E-state index contributed by atoms with van der Waals surface area (Å²) in [6, 6.07) is 1.61. The summed E-state index contributed by atoms with van der Waals surface area (Å²) < 4.78 is 7.15. The molecule has 0 aliphatic rings. The summed E-state index contributed by atoms with van der Waals surface area (Å²) in [5.41, 5.74) is -1.13. The molecule has 2 rings (SSSR count). The fourth-order valence-electron chi connectivity index (χ4n) is 2.14. The van der Waals surface area contributed by atoms with Gasteiger partial charge in [-0.15, -0.1) is 0 Å². The van der Waals surface area contributed by atoms with Crippen molar-refractivity contribution in [2.75, 3.05) is 6.61 Å². The van der Waals surface area contributed by atoms with E-state index in [1.165, 1.54) is 6.20 Å². The van der Waals surface area contributed by atoms with Crippen LogP contribution >= 0.6 is 15.9 Å². The van der Waals surface area contributed by atoms with E-state index in [1.807, 2.05) is 0 Å². The van der Waals surface area contributed by atoms with Gasteiger partial charge in [-0.3, -0.25) is 4.79 Å². The van der Waals surface area contributed by atoms with Gasteiger partial charge in [0.05, 0.1) is 24.1 Å². The van der Waals surface area contributed by atoms with Crippen LogP contribution in [0.15, 0.2) is 27.7 Å². The zero-order chi connectivity index (χ0) is 16.5. The van der Waals surface area contributed by atoms with Gasteiger partial charge in [-0.25, -0.2) is 9.78 Å². The number of esters is 1. The number of fused-ring (bicyclic) bond motifs is 1. The number of rotatable bonds is 4. The minimum atomic E-state index is -1.03. The van der Waals surface area contributed by atoms with E-state index in [0.717, 1.165) is 0 Å². The molecular weight excluding hydrogens is 352 g/mol. The standard InChI is InChI=1S/C15H17BrN2O4/c1-4-22-14(20)11-7-18(8-15(2,3)21)13-10(12(11)19)5-9(16)6-17-13/h5-7,21H,4,8H2,1-3H3.